The number of nitrogens with zero attached hydrogens (tertiary/aromatic N) is 2. The highest BCUT2D eigenvalue weighted by molar-refractivity contribution is 6.30. The molecule has 0 bridgehead atoms. The highest BCUT2D eigenvalue weighted by Gasteiger charge is 2.25. The average Bonchev–Trinajstić information content (AvgIpc) is 2.95. The van der Waals surface area contributed by atoms with E-state index in [2.05, 4.69) is 38.7 Å². The van der Waals surface area contributed by atoms with Crippen molar-refractivity contribution < 1.29 is 4.79 Å². The lowest BCUT2D eigenvalue weighted by Crippen LogP contribution is -2.28. The van der Waals surface area contributed by atoms with Gasteiger partial charge in [0.25, 0.3) is 0 Å². The Bertz CT molecular complexity index is 1280. The van der Waals surface area contributed by atoms with Gasteiger partial charge in [-0.25, -0.2) is 4.98 Å². The lowest BCUT2D eigenvalue weighted by Gasteiger charge is -2.29. The maximum absolute atomic E-state index is 12.8. The van der Waals surface area contributed by atoms with Crippen LogP contribution in [0.3, 0.4) is 0 Å². The summed E-state index contributed by atoms with van der Waals surface area (Å²) in [5.74, 6) is 1.40. The fourth-order valence-corrected chi connectivity index (χ4v) is 4.18. The van der Waals surface area contributed by atoms with Crippen LogP contribution in [0.5, 0.6) is 0 Å². The molecule has 1 aliphatic heterocycles. The Morgan fingerprint density at radius 2 is 1.85 bits per heavy atom. The molecule has 0 spiro atoms. The summed E-state index contributed by atoms with van der Waals surface area (Å²) in [6.45, 7) is 0. The van der Waals surface area contributed by atoms with Crippen molar-refractivity contribution in [1.82, 2.24) is 10.3 Å². The number of aromatic nitrogens is 1. The third-order valence-electron chi connectivity index (χ3n) is 5.48. The molecule has 2 aliphatic rings. The highest BCUT2D eigenvalue weighted by Crippen LogP contribution is 2.36. The molecule has 0 amide bonds. The molecule has 0 saturated carbocycles. The number of fused-ring (bicyclic) bond motifs is 1. The Morgan fingerprint density at radius 3 is 2.64 bits per heavy atom. The van der Waals surface area contributed by atoms with Gasteiger partial charge < -0.3 is 10.6 Å². The number of allylic oxidation sites excluding steroid dienone is 4. The van der Waals surface area contributed by atoms with Gasteiger partial charge in [-0.2, -0.15) is 0 Å². The second-order valence-corrected chi connectivity index (χ2v) is 8.38. The number of nitrogens with one attached hydrogen (secondary N) is 2. The standard InChI is InChI=1S/C27H23ClN4O/c28-20-8-7-11-22(15-20)30-26-17-25-19(18-29-26)14-24(33)16-27(31-21-9-3-1-4-10-21)32(25)23-12-5-2-6-13-23/h2-3,5-13,15-18,31H,1,4,14H2,(H,29,30). The van der Waals surface area contributed by atoms with Crippen molar-refractivity contribution in [3.63, 3.8) is 0 Å². The zero-order chi connectivity index (χ0) is 22.6. The van der Waals surface area contributed by atoms with Crippen LogP contribution < -0.4 is 15.5 Å². The van der Waals surface area contributed by atoms with Gasteiger partial charge in [0.15, 0.2) is 5.78 Å². The third-order valence-corrected chi connectivity index (χ3v) is 5.72. The number of carbonyl (C=O) groups is 1. The number of anilines is 4. The van der Waals surface area contributed by atoms with E-state index >= 15 is 0 Å². The van der Waals surface area contributed by atoms with Crippen molar-refractivity contribution in [2.75, 3.05) is 10.2 Å². The summed E-state index contributed by atoms with van der Waals surface area (Å²) in [4.78, 5) is 19.5. The molecule has 1 aliphatic carbocycles. The van der Waals surface area contributed by atoms with E-state index < -0.39 is 0 Å². The van der Waals surface area contributed by atoms with Gasteiger partial charge in [-0.1, -0.05) is 48.0 Å². The van der Waals surface area contributed by atoms with Crippen molar-refractivity contribution in [3.8, 4) is 0 Å². The first-order valence-electron chi connectivity index (χ1n) is 10.9. The zero-order valence-electron chi connectivity index (χ0n) is 18.0. The molecular weight excluding hydrogens is 432 g/mol. The molecule has 6 heteroatoms. The number of benzene rings is 2. The highest BCUT2D eigenvalue weighted by atomic mass is 35.5. The number of para-hydroxylation sites is 1. The summed E-state index contributed by atoms with van der Waals surface area (Å²) in [6.07, 6.45) is 12.1. The normalized spacial score (nSPS) is 15.3. The molecular formula is C27H23ClN4O. The van der Waals surface area contributed by atoms with E-state index in [0.717, 1.165) is 41.2 Å². The Labute approximate surface area is 198 Å². The van der Waals surface area contributed by atoms with Crippen molar-refractivity contribution in [1.29, 1.82) is 0 Å². The molecule has 0 radical (unpaired) electrons. The van der Waals surface area contributed by atoms with Gasteiger partial charge in [-0.3, -0.25) is 9.69 Å². The van der Waals surface area contributed by atoms with Gasteiger partial charge in [0.2, 0.25) is 0 Å². The maximum atomic E-state index is 12.8. The third kappa shape index (κ3) is 4.83. The maximum Gasteiger partial charge on any atom is 0.163 e. The fourth-order valence-electron chi connectivity index (χ4n) is 3.99. The van der Waals surface area contributed by atoms with Crippen molar-refractivity contribution >= 4 is 40.3 Å². The Kier molecular flexibility index (Phi) is 5.96. The summed E-state index contributed by atoms with van der Waals surface area (Å²) in [5.41, 5.74) is 4.54. The number of hydrogen-bond donors (Lipinski definition) is 2. The number of pyridine rings is 1. The predicted octanol–water partition coefficient (Wildman–Crippen LogP) is 6.41. The fraction of sp³-hybridized carbons (Fsp3) is 0.111. The molecule has 2 heterocycles. The summed E-state index contributed by atoms with van der Waals surface area (Å²) in [6, 6.07) is 19.5. The molecule has 5 nitrogen and oxygen atoms in total. The average molecular weight is 455 g/mol. The first kappa shape index (κ1) is 21.0. The van der Waals surface area contributed by atoms with E-state index in [9.17, 15) is 4.79 Å². The molecule has 0 fully saturated rings. The van der Waals surface area contributed by atoms with Crippen LogP contribution in [0.4, 0.5) is 22.9 Å². The van der Waals surface area contributed by atoms with Crippen LogP contribution >= 0.6 is 11.6 Å². The second-order valence-electron chi connectivity index (χ2n) is 7.94. The Morgan fingerprint density at radius 1 is 0.970 bits per heavy atom. The number of hydrogen-bond acceptors (Lipinski definition) is 5. The minimum atomic E-state index is 0.0231. The van der Waals surface area contributed by atoms with Crippen LogP contribution in [0.25, 0.3) is 0 Å². The largest absolute Gasteiger partial charge is 0.342 e. The Balaban J connectivity index is 1.59. The van der Waals surface area contributed by atoms with Crippen LogP contribution in [0.1, 0.15) is 18.4 Å². The lowest BCUT2D eigenvalue weighted by atomic mass is 10.1. The van der Waals surface area contributed by atoms with Crippen LogP contribution in [-0.2, 0) is 11.2 Å². The van der Waals surface area contributed by atoms with Gasteiger partial charge in [0, 0.05) is 52.4 Å². The van der Waals surface area contributed by atoms with Gasteiger partial charge in [-0.05, 0) is 49.2 Å². The summed E-state index contributed by atoms with van der Waals surface area (Å²) >= 11 is 6.15. The summed E-state index contributed by atoms with van der Waals surface area (Å²) < 4.78 is 0. The van der Waals surface area contributed by atoms with E-state index in [1.807, 2.05) is 60.7 Å². The number of rotatable bonds is 5. The lowest BCUT2D eigenvalue weighted by molar-refractivity contribution is -0.114. The molecule has 0 saturated heterocycles. The minimum absolute atomic E-state index is 0.0231. The molecule has 0 unspecified atom stereocenters. The molecule has 2 aromatic carbocycles. The molecule has 1 aromatic heterocycles. The monoisotopic (exact) mass is 454 g/mol. The number of ketones is 1. The molecule has 0 atom stereocenters. The van der Waals surface area contributed by atoms with Crippen molar-refractivity contribution in [3.05, 3.63) is 113 Å². The van der Waals surface area contributed by atoms with Crippen LogP contribution in [0.2, 0.25) is 5.02 Å². The second kappa shape index (κ2) is 9.35. The summed E-state index contributed by atoms with van der Waals surface area (Å²) in [5, 5.41) is 7.45. The first-order valence-corrected chi connectivity index (χ1v) is 11.3. The van der Waals surface area contributed by atoms with E-state index in [0.29, 0.717) is 16.7 Å². The summed E-state index contributed by atoms with van der Waals surface area (Å²) in [7, 11) is 0. The molecule has 2 N–H and O–H groups in total. The first-order chi connectivity index (χ1) is 16.2. The molecule has 5 rings (SSSR count). The van der Waals surface area contributed by atoms with Gasteiger partial charge in [-0.15, -0.1) is 0 Å². The zero-order valence-corrected chi connectivity index (χ0v) is 18.7. The molecule has 33 heavy (non-hydrogen) atoms. The smallest absolute Gasteiger partial charge is 0.163 e. The number of carbonyl (C=O) groups excluding carboxylic acids is 1. The van der Waals surface area contributed by atoms with E-state index in [-0.39, 0.29) is 12.2 Å². The van der Waals surface area contributed by atoms with E-state index in [4.69, 9.17) is 11.6 Å². The Hall–Kier alpha value is -3.83. The topological polar surface area (TPSA) is 57.3 Å². The van der Waals surface area contributed by atoms with E-state index in [1.165, 1.54) is 0 Å². The van der Waals surface area contributed by atoms with Crippen LogP contribution in [0.15, 0.2) is 103 Å². The molecule has 164 valence electrons. The predicted molar refractivity (Wildman–Crippen MR) is 134 cm³/mol. The van der Waals surface area contributed by atoms with E-state index in [1.54, 1.807) is 12.3 Å². The van der Waals surface area contributed by atoms with Gasteiger partial charge in [0.1, 0.15) is 11.6 Å². The van der Waals surface area contributed by atoms with Gasteiger partial charge >= 0.3 is 0 Å². The SMILES string of the molecule is O=C1C=C(NC2=CCCC=C2)N(c2ccccc2)c2cc(Nc3cccc(Cl)c3)ncc2C1. The van der Waals surface area contributed by atoms with Crippen molar-refractivity contribution in [2.24, 2.45) is 0 Å². The van der Waals surface area contributed by atoms with Crippen molar-refractivity contribution in [2.45, 2.75) is 19.3 Å². The minimum Gasteiger partial charge on any atom is -0.342 e. The molecule has 3 aromatic rings. The van der Waals surface area contributed by atoms with Crippen LogP contribution in [0, 0.1) is 0 Å². The van der Waals surface area contributed by atoms with Gasteiger partial charge in [0.05, 0.1) is 5.69 Å². The van der Waals surface area contributed by atoms with Crippen LogP contribution in [-0.4, -0.2) is 10.8 Å². The quantitative estimate of drug-likeness (QED) is 0.466. The number of halogens is 1.